The summed E-state index contributed by atoms with van der Waals surface area (Å²) in [5, 5.41) is 2.91. The van der Waals surface area contributed by atoms with Gasteiger partial charge in [0.15, 0.2) is 0 Å². The minimum absolute atomic E-state index is 0.533. The Morgan fingerprint density at radius 3 is 2.72 bits per heavy atom. The predicted molar refractivity (Wildman–Crippen MR) is 78.8 cm³/mol. The number of rotatable bonds is 5. The highest BCUT2D eigenvalue weighted by Gasteiger charge is 2.06. The maximum absolute atomic E-state index is 6.25. The van der Waals surface area contributed by atoms with Crippen molar-refractivity contribution in [1.29, 1.82) is 0 Å². The number of thiophene rings is 1. The van der Waals surface area contributed by atoms with E-state index in [4.69, 9.17) is 17.3 Å². The van der Waals surface area contributed by atoms with E-state index >= 15 is 0 Å². The Hall–Kier alpha value is -0.870. The predicted octanol–water partition coefficient (Wildman–Crippen LogP) is 3.49. The summed E-state index contributed by atoms with van der Waals surface area (Å²) in [4.78, 5) is 3.63. The van der Waals surface area contributed by atoms with Crippen LogP contribution in [0.2, 0.25) is 5.02 Å². The molecule has 0 bridgehead atoms. The highest BCUT2D eigenvalue weighted by Crippen LogP contribution is 2.20. The van der Waals surface area contributed by atoms with Gasteiger partial charge >= 0.3 is 0 Å². The van der Waals surface area contributed by atoms with Crippen molar-refractivity contribution >= 4 is 22.9 Å². The van der Waals surface area contributed by atoms with Crippen LogP contribution < -0.4 is 5.73 Å². The summed E-state index contributed by atoms with van der Waals surface area (Å²) in [5.41, 5.74) is 7.81. The molecule has 0 aliphatic rings. The van der Waals surface area contributed by atoms with Gasteiger partial charge in [0.05, 0.1) is 0 Å². The summed E-state index contributed by atoms with van der Waals surface area (Å²) >= 11 is 8.04. The standard InChI is InChI=1S/C14H17ClN2S/c1-17(10-13-3-2-6-18-13)9-12-5-4-11(8-16)7-14(12)15/h2-7H,8-10,16H2,1H3. The molecule has 2 rings (SSSR count). The van der Waals surface area contributed by atoms with Crippen molar-refractivity contribution in [3.05, 3.63) is 56.7 Å². The summed E-state index contributed by atoms with van der Waals surface area (Å²) in [7, 11) is 2.10. The van der Waals surface area contributed by atoms with Gasteiger partial charge in [-0.25, -0.2) is 0 Å². The maximum atomic E-state index is 6.25. The van der Waals surface area contributed by atoms with Crippen molar-refractivity contribution in [3.8, 4) is 0 Å². The van der Waals surface area contributed by atoms with Crippen LogP contribution in [0.15, 0.2) is 35.7 Å². The van der Waals surface area contributed by atoms with Gasteiger partial charge in [-0.2, -0.15) is 0 Å². The maximum Gasteiger partial charge on any atom is 0.0454 e. The Kier molecular flexibility index (Phi) is 4.78. The Labute approximate surface area is 117 Å². The van der Waals surface area contributed by atoms with Crippen molar-refractivity contribution in [2.24, 2.45) is 5.73 Å². The van der Waals surface area contributed by atoms with Crippen LogP contribution >= 0.6 is 22.9 Å². The molecule has 0 spiro atoms. The molecule has 2 N–H and O–H groups in total. The SMILES string of the molecule is CN(Cc1cccs1)Cc1ccc(CN)cc1Cl. The van der Waals surface area contributed by atoms with E-state index in [1.807, 2.05) is 12.1 Å². The summed E-state index contributed by atoms with van der Waals surface area (Å²) in [6.45, 7) is 2.33. The second-order valence-electron chi connectivity index (χ2n) is 4.38. The zero-order valence-electron chi connectivity index (χ0n) is 10.4. The number of hydrogen-bond donors (Lipinski definition) is 1. The summed E-state index contributed by atoms with van der Waals surface area (Å²) < 4.78 is 0. The van der Waals surface area contributed by atoms with Crippen LogP contribution in [0.4, 0.5) is 0 Å². The third-order valence-corrected chi connectivity index (χ3v) is 4.01. The average Bonchev–Trinajstić information content (AvgIpc) is 2.84. The first-order valence-corrected chi connectivity index (χ1v) is 7.13. The summed E-state index contributed by atoms with van der Waals surface area (Å²) in [6.07, 6.45) is 0. The molecule has 0 amide bonds. The fraction of sp³-hybridized carbons (Fsp3) is 0.286. The first kappa shape index (κ1) is 13.6. The van der Waals surface area contributed by atoms with Gasteiger partial charge in [0.1, 0.15) is 0 Å². The van der Waals surface area contributed by atoms with Gasteiger partial charge in [-0.05, 0) is 35.7 Å². The van der Waals surface area contributed by atoms with Crippen LogP contribution in [0.3, 0.4) is 0 Å². The molecule has 0 saturated heterocycles. The fourth-order valence-corrected chi connectivity index (χ4v) is 2.91. The number of nitrogens with two attached hydrogens (primary N) is 1. The Morgan fingerprint density at radius 1 is 1.28 bits per heavy atom. The van der Waals surface area contributed by atoms with Gasteiger partial charge in [0.25, 0.3) is 0 Å². The van der Waals surface area contributed by atoms with Gasteiger partial charge < -0.3 is 5.73 Å². The normalized spacial score (nSPS) is 11.1. The second kappa shape index (κ2) is 6.34. The molecule has 4 heteroatoms. The van der Waals surface area contributed by atoms with Crippen LogP contribution in [-0.4, -0.2) is 11.9 Å². The van der Waals surface area contributed by atoms with Crippen LogP contribution in [0.1, 0.15) is 16.0 Å². The largest absolute Gasteiger partial charge is 0.326 e. The van der Waals surface area contributed by atoms with E-state index in [9.17, 15) is 0 Å². The van der Waals surface area contributed by atoms with Crippen molar-refractivity contribution in [2.45, 2.75) is 19.6 Å². The van der Waals surface area contributed by atoms with Gasteiger partial charge in [0.2, 0.25) is 0 Å². The molecule has 2 nitrogen and oxygen atoms in total. The van der Waals surface area contributed by atoms with E-state index in [0.29, 0.717) is 6.54 Å². The Bertz CT molecular complexity index is 497. The third-order valence-electron chi connectivity index (χ3n) is 2.80. The molecule has 0 aliphatic carbocycles. The highest BCUT2D eigenvalue weighted by atomic mass is 35.5. The minimum atomic E-state index is 0.533. The van der Waals surface area contributed by atoms with E-state index < -0.39 is 0 Å². The van der Waals surface area contributed by atoms with E-state index in [-0.39, 0.29) is 0 Å². The second-order valence-corrected chi connectivity index (χ2v) is 5.82. The van der Waals surface area contributed by atoms with E-state index in [2.05, 4.69) is 35.5 Å². The molecule has 96 valence electrons. The van der Waals surface area contributed by atoms with Crippen molar-refractivity contribution in [3.63, 3.8) is 0 Å². The molecule has 0 radical (unpaired) electrons. The first-order chi connectivity index (χ1) is 8.69. The topological polar surface area (TPSA) is 29.3 Å². The fourth-order valence-electron chi connectivity index (χ4n) is 1.86. The van der Waals surface area contributed by atoms with Crippen LogP contribution in [0, 0.1) is 0 Å². The molecule has 0 saturated carbocycles. The Balaban J connectivity index is 2.00. The summed E-state index contributed by atoms with van der Waals surface area (Å²) in [6, 6.07) is 10.3. The summed E-state index contributed by atoms with van der Waals surface area (Å²) in [5.74, 6) is 0. The lowest BCUT2D eigenvalue weighted by atomic mass is 10.1. The lowest BCUT2D eigenvalue weighted by molar-refractivity contribution is 0.322. The molecule has 1 aromatic heterocycles. The zero-order chi connectivity index (χ0) is 13.0. The lowest BCUT2D eigenvalue weighted by Crippen LogP contribution is -2.16. The van der Waals surface area contributed by atoms with Crippen LogP contribution in [0.5, 0.6) is 0 Å². The molecule has 0 unspecified atom stereocenters. The molecular formula is C14H17ClN2S. The highest BCUT2D eigenvalue weighted by molar-refractivity contribution is 7.09. The molecule has 18 heavy (non-hydrogen) atoms. The van der Waals surface area contributed by atoms with E-state index in [1.54, 1.807) is 11.3 Å². The van der Waals surface area contributed by atoms with Gasteiger partial charge in [-0.3, -0.25) is 4.90 Å². The van der Waals surface area contributed by atoms with Gasteiger partial charge in [0, 0.05) is 29.5 Å². The van der Waals surface area contributed by atoms with E-state index in [0.717, 1.165) is 29.2 Å². The molecule has 1 aromatic carbocycles. The van der Waals surface area contributed by atoms with Crippen molar-refractivity contribution in [1.82, 2.24) is 4.90 Å². The molecular weight excluding hydrogens is 264 g/mol. The molecule has 0 atom stereocenters. The molecule has 0 fully saturated rings. The number of hydrogen-bond acceptors (Lipinski definition) is 3. The minimum Gasteiger partial charge on any atom is -0.326 e. The third kappa shape index (κ3) is 3.56. The number of benzene rings is 1. The number of halogens is 1. The van der Waals surface area contributed by atoms with Gasteiger partial charge in [-0.1, -0.05) is 29.8 Å². The smallest absolute Gasteiger partial charge is 0.0454 e. The Morgan fingerprint density at radius 2 is 2.11 bits per heavy atom. The van der Waals surface area contributed by atoms with Crippen LogP contribution in [0.25, 0.3) is 0 Å². The van der Waals surface area contributed by atoms with Crippen molar-refractivity contribution < 1.29 is 0 Å². The average molecular weight is 281 g/mol. The van der Waals surface area contributed by atoms with E-state index in [1.165, 1.54) is 4.88 Å². The van der Waals surface area contributed by atoms with Crippen molar-refractivity contribution in [2.75, 3.05) is 7.05 Å². The monoisotopic (exact) mass is 280 g/mol. The quantitative estimate of drug-likeness (QED) is 0.908. The molecule has 0 aliphatic heterocycles. The van der Waals surface area contributed by atoms with Gasteiger partial charge in [-0.15, -0.1) is 11.3 Å². The first-order valence-electron chi connectivity index (χ1n) is 5.87. The van der Waals surface area contributed by atoms with Crippen LogP contribution in [-0.2, 0) is 19.6 Å². The molecule has 1 heterocycles. The molecule has 2 aromatic rings. The number of nitrogens with zero attached hydrogens (tertiary/aromatic N) is 1. The lowest BCUT2D eigenvalue weighted by Gasteiger charge is -2.17. The zero-order valence-corrected chi connectivity index (χ0v) is 12.0.